The monoisotopic (exact) mass is 273 g/mol. The van der Waals surface area contributed by atoms with Crippen molar-refractivity contribution in [1.29, 1.82) is 0 Å². The molecule has 0 fully saturated rings. The summed E-state index contributed by atoms with van der Waals surface area (Å²) in [6.07, 6.45) is 1.55. The standard InChI is InChI=1S/C15H16FN3O/c1-9(2)7-19-8-17-13-11-6-10(16)4-5-12(11)18(3)14(13)15(19)20/h4-6,8-9H,7H2,1-3H3. The van der Waals surface area contributed by atoms with E-state index in [0.717, 1.165) is 5.52 Å². The molecule has 1 aromatic carbocycles. The first kappa shape index (κ1) is 12.8. The lowest BCUT2D eigenvalue weighted by Gasteiger charge is -2.08. The number of nitrogens with zero attached hydrogens (tertiary/aromatic N) is 3. The fourth-order valence-corrected chi connectivity index (χ4v) is 2.61. The average molecular weight is 273 g/mol. The van der Waals surface area contributed by atoms with Crippen molar-refractivity contribution < 1.29 is 4.39 Å². The zero-order chi connectivity index (χ0) is 14.4. The first-order valence-electron chi connectivity index (χ1n) is 6.62. The lowest BCUT2D eigenvalue weighted by Crippen LogP contribution is -2.24. The second-order valence-electron chi connectivity index (χ2n) is 5.51. The fraction of sp³-hybridized carbons (Fsp3) is 0.333. The maximum atomic E-state index is 13.4. The minimum atomic E-state index is -0.321. The topological polar surface area (TPSA) is 39.8 Å². The van der Waals surface area contributed by atoms with Crippen LogP contribution in [0, 0.1) is 11.7 Å². The number of benzene rings is 1. The van der Waals surface area contributed by atoms with E-state index in [2.05, 4.69) is 4.98 Å². The van der Waals surface area contributed by atoms with Crippen molar-refractivity contribution in [3.8, 4) is 0 Å². The van der Waals surface area contributed by atoms with E-state index in [1.165, 1.54) is 12.1 Å². The van der Waals surface area contributed by atoms with Gasteiger partial charge in [0.2, 0.25) is 0 Å². The van der Waals surface area contributed by atoms with Gasteiger partial charge < -0.3 is 4.57 Å². The molecule has 0 aliphatic heterocycles. The number of hydrogen-bond acceptors (Lipinski definition) is 2. The molecule has 0 spiro atoms. The van der Waals surface area contributed by atoms with Crippen molar-refractivity contribution in [2.45, 2.75) is 20.4 Å². The summed E-state index contributed by atoms with van der Waals surface area (Å²) in [4.78, 5) is 16.9. The molecule has 0 atom stereocenters. The first-order valence-corrected chi connectivity index (χ1v) is 6.62. The van der Waals surface area contributed by atoms with Crippen LogP contribution in [0.1, 0.15) is 13.8 Å². The number of fused-ring (bicyclic) bond motifs is 3. The normalized spacial score (nSPS) is 11.8. The Morgan fingerprint density at radius 2 is 2.10 bits per heavy atom. The highest BCUT2D eigenvalue weighted by Gasteiger charge is 2.15. The quantitative estimate of drug-likeness (QED) is 0.720. The molecule has 2 aromatic heterocycles. The third-order valence-electron chi connectivity index (χ3n) is 3.49. The Hall–Kier alpha value is -2.17. The lowest BCUT2D eigenvalue weighted by molar-refractivity contribution is 0.507. The Morgan fingerprint density at radius 3 is 2.80 bits per heavy atom. The van der Waals surface area contributed by atoms with Gasteiger partial charge in [-0.15, -0.1) is 0 Å². The van der Waals surface area contributed by atoms with Crippen LogP contribution in [0.3, 0.4) is 0 Å². The van der Waals surface area contributed by atoms with Gasteiger partial charge in [-0.2, -0.15) is 0 Å². The van der Waals surface area contributed by atoms with Gasteiger partial charge in [0, 0.05) is 19.0 Å². The van der Waals surface area contributed by atoms with E-state index < -0.39 is 0 Å². The van der Waals surface area contributed by atoms with E-state index in [-0.39, 0.29) is 11.4 Å². The van der Waals surface area contributed by atoms with Crippen LogP contribution in [0.25, 0.3) is 21.9 Å². The largest absolute Gasteiger partial charge is 0.338 e. The van der Waals surface area contributed by atoms with E-state index in [1.54, 1.807) is 21.5 Å². The Labute approximate surface area is 115 Å². The summed E-state index contributed by atoms with van der Waals surface area (Å²) < 4.78 is 16.8. The second kappa shape index (κ2) is 4.44. The van der Waals surface area contributed by atoms with Crippen LogP contribution in [0.4, 0.5) is 4.39 Å². The van der Waals surface area contributed by atoms with Crippen LogP contribution >= 0.6 is 0 Å². The number of halogens is 1. The highest BCUT2D eigenvalue weighted by molar-refractivity contribution is 6.05. The lowest BCUT2D eigenvalue weighted by atomic mass is 10.2. The molecule has 20 heavy (non-hydrogen) atoms. The predicted octanol–water partition coefficient (Wildman–Crippen LogP) is 2.68. The van der Waals surface area contributed by atoms with Gasteiger partial charge in [-0.3, -0.25) is 9.36 Å². The molecule has 0 N–H and O–H groups in total. The predicted molar refractivity (Wildman–Crippen MR) is 77.3 cm³/mol. The molecular formula is C15H16FN3O. The molecular weight excluding hydrogens is 257 g/mol. The summed E-state index contributed by atoms with van der Waals surface area (Å²) in [5.74, 6) is 0.0391. The van der Waals surface area contributed by atoms with Gasteiger partial charge in [0.1, 0.15) is 16.9 Å². The third kappa shape index (κ3) is 1.81. The van der Waals surface area contributed by atoms with Crippen LogP contribution in [-0.4, -0.2) is 14.1 Å². The molecule has 0 bridgehead atoms. The van der Waals surface area contributed by atoms with Crippen molar-refractivity contribution in [3.63, 3.8) is 0 Å². The van der Waals surface area contributed by atoms with E-state index in [0.29, 0.717) is 28.9 Å². The summed E-state index contributed by atoms with van der Waals surface area (Å²) in [7, 11) is 1.81. The van der Waals surface area contributed by atoms with E-state index in [1.807, 2.05) is 20.9 Å². The molecule has 0 radical (unpaired) electrons. The average Bonchev–Trinajstić information content (AvgIpc) is 2.66. The van der Waals surface area contributed by atoms with Gasteiger partial charge in [-0.25, -0.2) is 9.37 Å². The highest BCUT2D eigenvalue weighted by atomic mass is 19.1. The Kier molecular flexibility index (Phi) is 2.85. The summed E-state index contributed by atoms with van der Waals surface area (Å²) in [6, 6.07) is 4.50. The number of aromatic nitrogens is 3. The molecule has 5 heteroatoms. The molecule has 0 amide bonds. The summed E-state index contributed by atoms with van der Waals surface area (Å²) in [5, 5.41) is 0.677. The molecule has 2 heterocycles. The zero-order valence-corrected chi connectivity index (χ0v) is 11.7. The van der Waals surface area contributed by atoms with Gasteiger partial charge in [-0.05, 0) is 24.1 Å². The van der Waals surface area contributed by atoms with Crippen molar-refractivity contribution in [3.05, 3.63) is 40.7 Å². The van der Waals surface area contributed by atoms with E-state index in [4.69, 9.17) is 0 Å². The fourth-order valence-electron chi connectivity index (χ4n) is 2.61. The van der Waals surface area contributed by atoms with Gasteiger partial charge in [-0.1, -0.05) is 13.8 Å². The third-order valence-corrected chi connectivity index (χ3v) is 3.49. The Bertz CT molecular complexity index is 861. The Morgan fingerprint density at radius 1 is 1.35 bits per heavy atom. The van der Waals surface area contributed by atoms with Crippen LogP contribution in [0.15, 0.2) is 29.3 Å². The van der Waals surface area contributed by atoms with Crippen molar-refractivity contribution in [1.82, 2.24) is 14.1 Å². The van der Waals surface area contributed by atoms with Crippen LogP contribution in [0.5, 0.6) is 0 Å². The maximum absolute atomic E-state index is 13.4. The smallest absolute Gasteiger partial charge is 0.277 e. The SMILES string of the molecule is CC(C)Cn1cnc2c3cc(F)ccc3n(C)c2c1=O. The number of rotatable bonds is 2. The summed E-state index contributed by atoms with van der Waals surface area (Å²) >= 11 is 0. The van der Waals surface area contributed by atoms with Crippen LogP contribution < -0.4 is 5.56 Å². The molecule has 0 saturated heterocycles. The van der Waals surface area contributed by atoms with Crippen molar-refractivity contribution >= 4 is 21.9 Å². The summed E-state index contributed by atoms with van der Waals surface area (Å²) in [5.41, 5.74) is 1.82. The molecule has 0 aliphatic rings. The molecule has 0 aliphatic carbocycles. The number of hydrogen-bond donors (Lipinski definition) is 0. The zero-order valence-electron chi connectivity index (χ0n) is 11.7. The minimum Gasteiger partial charge on any atom is -0.338 e. The molecule has 0 unspecified atom stereocenters. The van der Waals surface area contributed by atoms with Crippen molar-refractivity contribution in [2.24, 2.45) is 13.0 Å². The van der Waals surface area contributed by atoms with E-state index >= 15 is 0 Å². The highest BCUT2D eigenvalue weighted by Crippen LogP contribution is 2.24. The maximum Gasteiger partial charge on any atom is 0.277 e. The minimum absolute atomic E-state index is 0.0807. The van der Waals surface area contributed by atoms with Crippen LogP contribution in [-0.2, 0) is 13.6 Å². The van der Waals surface area contributed by atoms with Gasteiger partial charge in [0.25, 0.3) is 5.56 Å². The summed E-state index contributed by atoms with van der Waals surface area (Å²) in [6.45, 7) is 4.72. The Balaban J connectivity index is 2.41. The molecule has 104 valence electrons. The second-order valence-corrected chi connectivity index (χ2v) is 5.51. The van der Waals surface area contributed by atoms with Gasteiger partial charge >= 0.3 is 0 Å². The van der Waals surface area contributed by atoms with E-state index in [9.17, 15) is 9.18 Å². The van der Waals surface area contributed by atoms with Gasteiger partial charge in [0.05, 0.1) is 11.8 Å². The molecule has 0 saturated carbocycles. The van der Waals surface area contributed by atoms with Crippen LogP contribution in [0.2, 0.25) is 0 Å². The first-order chi connectivity index (χ1) is 9.49. The molecule has 3 aromatic rings. The van der Waals surface area contributed by atoms with Crippen molar-refractivity contribution in [2.75, 3.05) is 0 Å². The molecule has 4 nitrogen and oxygen atoms in total. The molecule has 3 rings (SSSR count). The number of aryl methyl sites for hydroxylation is 1. The van der Waals surface area contributed by atoms with Gasteiger partial charge in [0.15, 0.2) is 0 Å².